The van der Waals surface area contributed by atoms with Gasteiger partial charge in [0.1, 0.15) is 31.2 Å². The van der Waals surface area contributed by atoms with Crippen LogP contribution in [0.15, 0.2) is 47.7 Å². The third-order valence-electron chi connectivity index (χ3n) is 7.04. The number of piperazine rings is 1. The molecule has 1 amide bonds. The number of rotatable bonds is 12. The van der Waals surface area contributed by atoms with Crippen molar-refractivity contribution in [1.82, 2.24) is 19.7 Å². The Bertz CT molecular complexity index is 1600. The molecule has 0 aliphatic carbocycles. The molecule has 0 spiro atoms. The van der Waals surface area contributed by atoms with Gasteiger partial charge in [0, 0.05) is 51.9 Å². The molecule has 1 unspecified atom stereocenters. The van der Waals surface area contributed by atoms with E-state index in [-0.39, 0.29) is 38.1 Å². The predicted molar refractivity (Wildman–Crippen MR) is 164 cm³/mol. The highest BCUT2D eigenvalue weighted by Gasteiger charge is 2.39. The molecule has 0 bridgehead atoms. The average molecular weight is 688 g/mol. The van der Waals surface area contributed by atoms with Crippen LogP contribution < -0.4 is 25.4 Å². The second-order valence-electron chi connectivity index (χ2n) is 12.2. The highest BCUT2D eigenvalue weighted by atomic mass is 28.3. The molecule has 47 heavy (non-hydrogen) atoms. The number of amides is 1. The van der Waals surface area contributed by atoms with Gasteiger partial charge in [-0.3, -0.25) is 9.59 Å². The van der Waals surface area contributed by atoms with Crippen molar-refractivity contribution in [2.45, 2.75) is 57.7 Å². The molecule has 3 heterocycles. The third-order valence-corrected chi connectivity index (χ3v) is 8.74. The van der Waals surface area contributed by atoms with Crippen LogP contribution in [0, 0.1) is 0 Å². The van der Waals surface area contributed by atoms with Gasteiger partial charge in [0.05, 0.1) is 23.5 Å². The fourth-order valence-corrected chi connectivity index (χ4v) is 5.27. The first kappa shape index (κ1) is 35.7. The topological polar surface area (TPSA) is 115 Å². The summed E-state index contributed by atoms with van der Waals surface area (Å²) in [7, 11) is -1.43. The van der Waals surface area contributed by atoms with Gasteiger partial charge in [-0.1, -0.05) is 25.7 Å². The number of carbonyl (C=O) groups is 1. The summed E-state index contributed by atoms with van der Waals surface area (Å²) in [6.45, 7) is 8.02. The van der Waals surface area contributed by atoms with Crippen LogP contribution in [0.4, 0.5) is 43.7 Å². The van der Waals surface area contributed by atoms with Crippen molar-refractivity contribution < 1.29 is 40.6 Å². The van der Waals surface area contributed by atoms with Crippen molar-refractivity contribution in [3.05, 3.63) is 64.3 Å². The van der Waals surface area contributed by atoms with Crippen molar-refractivity contribution in [2.24, 2.45) is 0 Å². The summed E-state index contributed by atoms with van der Waals surface area (Å²) in [6, 6.07) is 6.58. The summed E-state index contributed by atoms with van der Waals surface area (Å²) in [5, 5.41) is 6.52. The number of hydrogen-bond acceptors (Lipinski definition) is 9. The van der Waals surface area contributed by atoms with E-state index in [0.29, 0.717) is 35.1 Å². The summed E-state index contributed by atoms with van der Waals surface area (Å²) < 4.78 is 92.1. The lowest BCUT2D eigenvalue weighted by atomic mass is 10.2. The summed E-state index contributed by atoms with van der Waals surface area (Å²) in [5.41, 5.74) is -3.72. The second-order valence-corrected chi connectivity index (χ2v) is 17.8. The number of nitrogens with one attached hydrogen (secondary N) is 1. The van der Waals surface area contributed by atoms with Crippen LogP contribution in [0.5, 0.6) is 5.75 Å². The van der Waals surface area contributed by atoms with Gasteiger partial charge in [0.2, 0.25) is 11.9 Å². The van der Waals surface area contributed by atoms with Crippen molar-refractivity contribution in [3.63, 3.8) is 0 Å². The zero-order chi connectivity index (χ0) is 34.6. The van der Waals surface area contributed by atoms with Gasteiger partial charge >= 0.3 is 12.4 Å². The van der Waals surface area contributed by atoms with E-state index >= 15 is 0 Å². The molecule has 1 atom stereocenters. The van der Waals surface area contributed by atoms with E-state index in [4.69, 9.17) is 9.47 Å². The molecule has 1 aliphatic heterocycles. The number of carbonyl (C=O) groups excluding carboxylic acids is 1. The van der Waals surface area contributed by atoms with Crippen molar-refractivity contribution in [3.8, 4) is 5.75 Å². The van der Waals surface area contributed by atoms with E-state index < -0.39 is 55.6 Å². The van der Waals surface area contributed by atoms with E-state index in [1.807, 2.05) is 0 Å². The van der Waals surface area contributed by atoms with Crippen LogP contribution in [0.2, 0.25) is 25.7 Å². The maximum Gasteiger partial charge on any atom is 0.423 e. The van der Waals surface area contributed by atoms with Crippen LogP contribution >= 0.6 is 0 Å². The Morgan fingerprint density at radius 3 is 2.32 bits per heavy atom. The van der Waals surface area contributed by atoms with Crippen LogP contribution in [0.25, 0.3) is 0 Å². The van der Waals surface area contributed by atoms with E-state index in [1.54, 1.807) is 31.2 Å². The summed E-state index contributed by atoms with van der Waals surface area (Å²) >= 11 is 0. The molecule has 1 aromatic carbocycles. The zero-order valence-corrected chi connectivity index (χ0v) is 27.2. The van der Waals surface area contributed by atoms with E-state index in [1.165, 1.54) is 9.80 Å². The van der Waals surface area contributed by atoms with Gasteiger partial charge in [0.15, 0.2) is 0 Å². The highest BCUT2D eigenvalue weighted by molar-refractivity contribution is 6.76. The minimum Gasteiger partial charge on any atom is -0.491 e. The number of benzene rings is 1. The molecule has 1 saturated heterocycles. The van der Waals surface area contributed by atoms with Gasteiger partial charge < -0.3 is 24.6 Å². The number of hydrogen-bond donors (Lipinski definition) is 1. The van der Waals surface area contributed by atoms with Crippen LogP contribution in [0.3, 0.4) is 0 Å². The molecule has 2 aromatic heterocycles. The smallest absolute Gasteiger partial charge is 0.423 e. The SMILES string of the molecule is CC(COc1cccc(N2CCN(c3ncc(C(F)(F)F)cn3)CC2=O)c1)Nc1cnn(COCC[Si](C)(C)C)c(=O)c1C(F)(F)F. The normalized spacial score (nSPS) is 15.1. The first-order chi connectivity index (χ1) is 21.9. The highest BCUT2D eigenvalue weighted by Crippen LogP contribution is 2.32. The first-order valence-corrected chi connectivity index (χ1v) is 18.3. The molecule has 11 nitrogen and oxygen atoms in total. The lowest BCUT2D eigenvalue weighted by Crippen LogP contribution is -2.51. The van der Waals surface area contributed by atoms with Gasteiger partial charge in [-0.2, -0.15) is 31.4 Å². The predicted octanol–water partition coefficient (Wildman–Crippen LogP) is 5.12. The molecule has 4 rings (SSSR count). The maximum absolute atomic E-state index is 13.9. The lowest BCUT2D eigenvalue weighted by molar-refractivity contribution is -0.139. The maximum atomic E-state index is 13.9. The fraction of sp³-hybridized carbons (Fsp3) is 0.483. The van der Waals surface area contributed by atoms with E-state index in [2.05, 4.69) is 40.0 Å². The van der Waals surface area contributed by atoms with Crippen LogP contribution in [-0.2, 0) is 28.6 Å². The molecule has 256 valence electrons. The average Bonchev–Trinajstić information content (AvgIpc) is 2.98. The van der Waals surface area contributed by atoms with Gasteiger partial charge in [-0.15, -0.1) is 0 Å². The fourth-order valence-electron chi connectivity index (χ4n) is 4.51. The Balaban J connectivity index is 1.36. The Morgan fingerprint density at radius 2 is 1.70 bits per heavy atom. The third kappa shape index (κ3) is 9.66. The second kappa shape index (κ2) is 14.3. The Hall–Kier alpha value is -4.19. The lowest BCUT2D eigenvalue weighted by Gasteiger charge is -2.34. The number of anilines is 3. The van der Waals surface area contributed by atoms with Crippen molar-refractivity contribution >= 4 is 31.3 Å². The number of alkyl halides is 6. The molecule has 1 aliphatic rings. The Kier molecular flexibility index (Phi) is 10.8. The standard InChI is InChI=1S/C29H35F6N7O4Si/c1-19(39-23-15-38-42(18-45-10-11-47(2,3)4)26(44)25(23)29(33,34)35)17-46-22-7-5-6-21(12-22)41-9-8-40(16-24(41)43)27-36-13-20(14-37-27)28(30,31)32/h5-7,12-15,19,39H,8-11,16-18H2,1-4H3. The molecule has 18 heteroatoms. The van der Waals surface area contributed by atoms with Gasteiger partial charge in [-0.25, -0.2) is 14.6 Å². The molecular formula is C29H35F6N7O4Si. The Morgan fingerprint density at radius 1 is 1.00 bits per heavy atom. The first-order valence-electron chi connectivity index (χ1n) is 14.6. The van der Waals surface area contributed by atoms with E-state index in [9.17, 15) is 35.9 Å². The largest absolute Gasteiger partial charge is 0.491 e. The molecule has 1 fully saturated rings. The summed E-state index contributed by atoms with van der Waals surface area (Å²) in [5.74, 6) is -0.0237. The summed E-state index contributed by atoms with van der Waals surface area (Å²) in [4.78, 5) is 36.1. The molecule has 3 aromatic rings. The Labute approximate surface area is 267 Å². The van der Waals surface area contributed by atoms with E-state index in [0.717, 1.165) is 12.2 Å². The van der Waals surface area contributed by atoms with Crippen LogP contribution in [-0.4, -0.2) is 72.6 Å². The van der Waals surface area contributed by atoms with Crippen molar-refractivity contribution in [1.29, 1.82) is 0 Å². The monoisotopic (exact) mass is 687 g/mol. The summed E-state index contributed by atoms with van der Waals surface area (Å²) in [6.07, 6.45) is -7.27. The molecule has 0 saturated carbocycles. The van der Waals surface area contributed by atoms with Gasteiger partial charge in [0.25, 0.3) is 5.56 Å². The van der Waals surface area contributed by atoms with Gasteiger partial charge in [-0.05, 0) is 25.1 Å². The molecule has 0 radical (unpaired) electrons. The number of ether oxygens (including phenoxy) is 2. The van der Waals surface area contributed by atoms with Crippen molar-refractivity contribution in [2.75, 3.05) is 48.0 Å². The minimum atomic E-state index is -4.95. The minimum absolute atomic E-state index is 0.00317. The molecular weight excluding hydrogens is 652 g/mol. The molecule has 1 N–H and O–H groups in total. The zero-order valence-electron chi connectivity index (χ0n) is 26.2. The number of nitrogens with zero attached hydrogens (tertiary/aromatic N) is 6. The van der Waals surface area contributed by atoms with Crippen LogP contribution in [0.1, 0.15) is 18.1 Å². The number of halogens is 6. The quantitative estimate of drug-likeness (QED) is 0.158. The number of aromatic nitrogens is 4.